The molecule has 0 bridgehead atoms. The van der Waals surface area contributed by atoms with Gasteiger partial charge in [-0.1, -0.05) is 48.0 Å². The van der Waals surface area contributed by atoms with Crippen molar-refractivity contribution in [1.82, 2.24) is 0 Å². The molecule has 0 heterocycles. The lowest BCUT2D eigenvalue weighted by molar-refractivity contribution is 0.305. The van der Waals surface area contributed by atoms with E-state index in [1.54, 1.807) is 18.2 Å². The van der Waals surface area contributed by atoms with Crippen molar-refractivity contribution in [3.8, 4) is 11.8 Å². The van der Waals surface area contributed by atoms with E-state index in [-0.39, 0.29) is 0 Å². The minimum absolute atomic E-state index is 0.380. The summed E-state index contributed by atoms with van der Waals surface area (Å²) in [5.74, 6) is 0.517. The van der Waals surface area contributed by atoms with Gasteiger partial charge in [-0.05, 0) is 17.7 Å². The summed E-state index contributed by atoms with van der Waals surface area (Å²) in [4.78, 5) is 0. The minimum Gasteiger partial charge on any atom is -0.487 e. The Hall–Kier alpha value is -1.98. The van der Waals surface area contributed by atoms with Crippen molar-refractivity contribution >= 4 is 11.6 Å². The molecule has 0 radical (unpaired) electrons. The summed E-state index contributed by atoms with van der Waals surface area (Å²) in [6, 6.07) is 17.0. The van der Waals surface area contributed by atoms with E-state index in [1.165, 1.54) is 0 Å². The number of nitriles is 1. The Kier molecular flexibility index (Phi) is 3.64. The lowest BCUT2D eigenvalue weighted by Crippen LogP contribution is -1.97. The number of rotatable bonds is 3. The van der Waals surface area contributed by atoms with Crippen molar-refractivity contribution in [1.29, 1.82) is 5.26 Å². The number of hydrogen-bond acceptors (Lipinski definition) is 2. The van der Waals surface area contributed by atoms with Crippen molar-refractivity contribution in [2.75, 3.05) is 0 Å². The van der Waals surface area contributed by atoms with Crippen molar-refractivity contribution in [2.24, 2.45) is 0 Å². The molecule has 0 atom stereocenters. The van der Waals surface area contributed by atoms with Crippen LogP contribution in [0, 0.1) is 11.3 Å². The van der Waals surface area contributed by atoms with E-state index in [2.05, 4.69) is 0 Å². The molecule has 0 amide bonds. The smallest absolute Gasteiger partial charge is 0.139 e. The second kappa shape index (κ2) is 5.38. The van der Waals surface area contributed by atoms with Gasteiger partial charge in [0.05, 0.1) is 5.02 Å². The summed E-state index contributed by atoms with van der Waals surface area (Å²) >= 11 is 5.91. The Morgan fingerprint density at radius 2 is 1.82 bits per heavy atom. The number of halogens is 1. The number of ether oxygens (including phenoxy) is 1. The van der Waals surface area contributed by atoms with Crippen molar-refractivity contribution in [2.45, 2.75) is 6.61 Å². The Balaban J connectivity index is 2.15. The zero-order valence-electron chi connectivity index (χ0n) is 9.06. The second-order valence-corrected chi connectivity index (χ2v) is 3.91. The molecular weight excluding hydrogens is 234 g/mol. The summed E-state index contributed by atoms with van der Waals surface area (Å²) in [6.07, 6.45) is 0. The van der Waals surface area contributed by atoms with Crippen LogP contribution in [0.2, 0.25) is 5.02 Å². The first-order valence-corrected chi connectivity index (χ1v) is 5.54. The first kappa shape index (κ1) is 11.5. The molecule has 0 aliphatic rings. The van der Waals surface area contributed by atoms with Crippen LogP contribution in [-0.2, 0) is 6.61 Å². The molecule has 2 aromatic carbocycles. The molecule has 0 N–H and O–H groups in total. The van der Waals surface area contributed by atoms with Gasteiger partial charge in [0, 0.05) is 0 Å². The molecule has 3 heteroatoms. The zero-order valence-corrected chi connectivity index (χ0v) is 9.82. The highest BCUT2D eigenvalue weighted by molar-refractivity contribution is 6.31. The molecule has 17 heavy (non-hydrogen) atoms. The molecule has 0 unspecified atom stereocenters. The van der Waals surface area contributed by atoms with Crippen LogP contribution in [0.3, 0.4) is 0 Å². The molecule has 0 aromatic heterocycles. The average molecular weight is 244 g/mol. The molecule has 2 rings (SSSR count). The van der Waals surface area contributed by atoms with Gasteiger partial charge in [0.1, 0.15) is 24.0 Å². The average Bonchev–Trinajstić information content (AvgIpc) is 2.37. The van der Waals surface area contributed by atoms with Gasteiger partial charge in [-0.15, -0.1) is 0 Å². The van der Waals surface area contributed by atoms with E-state index >= 15 is 0 Å². The molecule has 0 saturated carbocycles. The molecule has 2 aromatic rings. The minimum atomic E-state index is 0.380. The highest BCUT2D eigenvalue weighted by Gasteiger charge is 2.07. The van der Waals surface area contributed by atoms with Crippen molar-refractivity contribution < 1.29 is 4.74 Å². The van der Waals surface area contributed by atoms with Crippen LogP contribution in [0.25, 0.3) is 0 Å². The van der Waals surface area contributed by atoms with Gasteiger partial charge in [-0.25, -0.2) is 0 Å². The maximum Gasteiger partial charge on any atom is 0.139 e. The van der Waals surface area contributed by atoms with Crippen LogP contribution in [0.15, 0.2) is 48.5 Å². The fourth-order valence-corrected chi connectivity index (χ4v) is 1.68. The van der Waals surface area contributed by atoms with Crippen LogP contribution >= 0.6 is 11.6 Å². The molecule has 0 fully saturated rings. The SMILES string of the molecule is N#Cc1c(Cl)cccc1OCc1ccccc1. The summed E-state index contributed by atoms with van der Waals surface area (Å²) in [5.41, 5.74) is 1.43. The van der Waals surface area contributed by atoms with E-state index in [0.717, 1.165) is 5.56 Å². The predicted octanol–water partition coefficient (Wildman–Crippen LogP) is 3.79. The number of benzene rings is 2. The summed E-state index contributed by atoms with van der Waals surface area (Å²) in [7, 11) is 0. The largest absolute Gasteiger partial charge is 0.487 e. The fourth-order valence-electron chi connectivity index (χ4n) is 1.47. The van der Waals surface area contributed by atoms with Gasteiger partial charge in [-0.3, -0.25) is 0 Å². The Bertz CT molecular complexity index is 546. The molecule has 0 aliphatic carbocycles. The summed E-state index contributed by atoms with van der Waals surface area (Å²) in [5, 5.41) is 9.40. The molecule has 0 saturated heterocycles. The first-order valence-electron chi connectivity index (χ1n) is 5.16. The third-order valence-electron chi connectivity index (χ3n) is 2.32. The lowest BCUT2D eigenvalue weighted by Gasteiger charge is -2.08. The van der Waals surface area contributed by atoms with Gasteiger partial charge in [0.15, 0.2) is 0 Å². The normalized spacial score (nSPS) is 9.65. The van der Waals surface area contributed by atoms with E-state index < -0.39 is 0 Å². The van der Waals surface area contributed by atoms with E-state index in [1.807, 2.05) is 36.4 Å². The standard InChI is InChI=1S/C14H10ClNO/c15-13-7-4-8-14(12(13)9-16)17-10-11-5-2-1-3-6-11/h1-8H,10H2. The van der Waals surface area contributed by atoms with Gasteiger partial charge < -0.3 is 4.74 Å². The van der Waals surface area contributed by atoms with Crippen LogP contribution in [0.5, 0.6) is 5.75 Å². The maximum atomic E-state index is 8.98. The third kappa shape index (κ3) is 2.77. The molecule has 0 spiro atoms. The Labute approximate surface area is 105 Å². The van der Waals surface area contributed by atoms with Crippen LogP contribution in [-0.4, -0.2) is 0 Å². The summed E-state index contributed by atoms with van der Waals surface area (Å²) < 4.78 is 5.59. The third-order valence-corrected chi connectivity index (χ3v) is 2.64. The zero-order chi connectivity index (χ0) is 12.1. The number of hydrogen-bond donors (Lipinski definition) is 0. The highest BCUT2D eigenvalue weighted by Crippen LogP contribution is 2.25. The van der Waals surface area contributed by atoms with Gasteiger partial charge in [0.25, 0.3) is 0 Å². The number of nitrogens with zero attached hydrogens (tertiary/aromatic N) is 1. The van der Waals surface area contributed by atoms with Crippen molar-refractivity contribution in [3.63, 3.8) is 0 Å². The van der Waals surface area contributed by atoms with E-state index in [9.17, 15) is 0 Å². The quantitative estimate of drug-likeness (QED) is 0.822. The lowest BCUT2D eigenvalue weighted by atomic mass is 10.2. The Morgan fingerprint density at radius 1 is 1.06 bits per heavy atom. The Morgan fingerprint density at radius 3 is 2.53 bits per heavy atom. The van der Waals surface area contributed by atoms with Crippen LogP contribution in [0.1, 0.15) is 11.1 Å². The van der Waals surface area contributed by atoms with Crippen LogP contribution in [0.4, 0.5) is 0 Å². The fraction of sp³-hybridized carbons (Fsp3) is 0.0714. The molecule has 0 aliphatic heterocycles. The maximum absolute atomic E-state index is 8.98. The summed E-state index contributed by atoms with van der Waals surface area (Å²) in [6.45, 7) is 0.426. The van der Waals surface area contributed by atoms with Gasteiger partial charge in [0.2, 0.25) is 0 Å². The highest BCUT2D eigenvalue weighted by atomic mass is 35.5. The van der Waals surface area contributed by atoms with Crippen molar-refractivity contribution in [3.05, 3.63) is 64.7 Å². The van der Waals surface area contributed by atoms with E-state index in [4.69, 9.17) is 21.6 Å². The van der Waals surface area contributed by atoms with Crippen LogP contribution < -0.4 is 4.74 Å². The monoisotopic (exact) mass is 243 g/mol. The van der Waals surface area contributed by atoms with Gasteiger partial charge >= 0.3 is 0 Å². The van der Waals surface area contributed by atoms with Gasteiger partial charge in [-0.2, -0.15) is 5.26 Å². The molecular formula is C14H10ClNO. The molecule has 2 nitrogen and oxygen atoms in total. The second-order valence-electron chi connectivity index (χ2n) is 3.50. The van der Waals surface area contributed by atoms with E-state index in [0.29, 0.717) is 22.9 Å². The predicted molar refractivity (Wildman–Crippen MR) is 66.9 cm³/mol. The topological polar surface area (TPSA) is 33.0 Å². The molecule has 84 valence electrons. The first-order chi connectivity index (χ1) is 8.31.